The maximum Gasteiger partial charge on any atom is 0.305 e. The van der Waals surface area contributed by atoms with Crippen molar-refractivity contribution < 1.29 is 24.5 Å². The topological polar surface area (TPSA) is 95.9 Å². The van der Waals surface area contributed by atoms with Gasteiger partial charge in [-0.05, 0) is 57.8 Å². The molecule has 528 valence electrons. The Labute approximate surface area is 558 Å². The van der Waals surface area contributed by atoms with Gasteiger partial charge < -0.3 is 20.3 Å². The molecule has 2 atom stereocenters. The predicted molar refractivity (Wildman–Crippen MR) is 393 cm³/mol. The minimum Gasteiger partial charge on any atom is -0.466 e. The van der Waals surface area contributed by atoms with Crippen LogP contribution in [0.1, 0.15) is 470 Å². The standard InChI is InChI=1S/C83H161NO5/c1-3-5-7-9-11-13-15-17-19-21-22-40-44-47-51-55-59-63-67-71-75-81(86)80(79-85)84-82(87)76-72-68-64-60-56-52-48-45-41-38-36-34-32-30-28-26-24-23-25-27-29-31-33-35-37-39-42-46-50-54-58-62-66-70-74-78-89-83(88)77-73-69-65-61-57-53-49-43-20-18-16-14-12-10-8-6-4-2/h18,20,71,75,80-81,85-86H,3-17,19,21-70,72-74,76-79H2,1-2H3,(H,84,87)/b20-18-,75-71+. The van der Waals surface area contributed by atoms with Crippen molar-refractivity contribution in [3.05, 3.63) is 24.3 Å². The van der Waals surface area contributed by atoms with Crippen molar-refractivity contribution in [1.29, 1.82) is 0 Å². The van der Waals surface area contributed by atoms with Gasteiger partial charge in [0.25, 0.3) is 0 Å². The Kier molecular flexibility index (Phi) is 77.3. The Bertz CT molecular complexity index is 1400. The lowest BCUT2D eigenvalue weighted by Crippen LogP contribution is -2.45. The number of carbonyl (C=O) groups is 2. The molecule has 6 nitrogen and oxygen atoms in total. The fraction of sp³-hybridized carbons (Fsp3) is 0.928. The van der Waals surface area contributed by atoms with E-state index in [2.05, 4.69) is 31.3 Å². The summed E-state index contributed by atoms with van der Waals surface area (Å²) in [6.45, 7) is 4.95. The van der Waals surface area contributed by atoms with Crippen LogP contribution in [0.3, 0.4) is 0 Å². The number of aliphatic hydroxyl groups is 2. The smallest absolute Gasteiger partial charge is 0.305 e. The van der Waals surface area contributed by atoms with Crippen molar-refractivity contribution in [2.75, 3.05) is 13.2 Å². The zero-order chi connectivity index (χ0) is 64.2. The average molecular weight is 1250 g/mol. The van der Waals surface area contributed by atoms with Gasteiger partial charge in [-0.15, -0.1) is 0 Å². The lowest BCUT2D eigenvalue weighted by Gasteiger charge is -2.20. The van der Waals surface area contributed by atoms with Gasteiger partial charge in [-0.1, -0.05) is 423 Å². The number of aliphatic hydroxyl groups excluding tert-OH is 2. The molecule has 3 N–H and O–H groups in total. The minimum absolute atomic E-state index is 0.0201. The molecular weight excluding hydrogens is 1090 g/mol. The summed E-state index contributed by atoms with van der Waals surface area (Å²) in [7, 11) is 0. The van der Waals surface area contributed by atoms with E-state index in [0.29, 0.717) is 19.4 Å². The number of ether oxygens (including phenoxy) is 1. The molecule has 89 heavy (non-hydrogen) atoms. The number of hydrogen-bond acceptors (Lipinski definition) is 5. The second-order valence-corrected chi connectivity index (χ2v) is 28.5. The van der Waals surface area contributed by atoms with Crippen LogP contribution in [0, 0.1) is 0 Å². The number of carbonyl (C=O) groups excluding carboxylic acids is 2. The van der Waals surface area contributed by atoms with Crippen LogP contribution < -0.4 is 5.32 Å². The predicted octanol–water partition coefficient (Wildman–Crippen LogP) is 27.2. The zero-order valence-electron chi connectivity index (χ0n) is 60.7. The summed E-state index contributed by atoms with van der Waals surface area (Å²) in [5.41, 5.74) is 0. The summed E-state index contributed by atoms with van der Waals surface area (Å²) < 4.78 is 5.51. The molecule has 0 spiro atoms. The van der Waals surface area contributed by atoms with Crippen molar-refractivity contribution in [3.8, 4) is 0 Å². The third-order valence-corrected chi connectivity index (χ3v) is 19.5. The minimum atomic E-state index is -0.841. The summed E-state index contributed by atoms with van der Waals surface area (Å²) in [6, 6.07) is -0.624. The Morgan fingerprint density at radius 3 is 0.798 bits per heavy atom. The average Bonchev–Trinajstić information content (AvgIpc) is 3.57. The number of allylic oxidation sites excluding steroid dienone is 3. The van der Waals surface area contributed by atoms with Crippen LogP contribution in [-0.4, -0.2) is 47.4 Å². The van der Waals surface area contributed by atoms with Gasteiger partial charge in [-0.2, -0.15) is 0 Å². The Balaban J connectivity index is 3.32. The Morgan fingerprint density at radius 2 is 0.528 bits per heavy atom. The number of amides is 1. The van der Waals surface area contributed by atoms with Crippen LogP contribution in [-0.2, 0) is 14.3 Å². The molecule has 0 fully saturated rings. The number of hydrogen-bond donors (Lipinski definition) is 3. The lowest BCUT2D eigenvalue weighted by atomic mass is 10.0. The van der Waals surface area contributed by atoms with Crippen LogP contribution in [0.2, 0.25) is 0 Å². The van der Waals surface area contributed by atoms with Crippen LogP contribution >= 0.6 is 0 Å². The number of rotatable bonds is 78. The van der Waals surface area contributed by atoms with E-state index in [1.165, 1.54) is 405 Å². The first kappa shape index (κ1) is 87.3. The van der Waals surface area contributed by atoms with Crippen molar-refractivity contribution in [1.82, 2.24) is 5.32 Å². The zero-order valence-corrected chi connectivity index (χ0v) is 60.7. The monoisotopic (exact) mass is 1250 g/mol. The summed E-state index contributed by atoms with van der Waals surface area (Å²) in [5.74, 6) is -0.0378. The molecule has 0 aliphatic carbocycles. The van der Waals surface area contributed by atoms with E-state index in [1.807, 2.05) is 6.08 Å². The Morgan fingerprint density at radius 1 is 0.303 bits per heavy atom. The fourth-order valence-electron chi connectivity index (χ4n) is 13.2. The largest absolute Gasteiger partial charge is 0.466 e. The third-order valence-electron chi connectivity index (χ3n) is 19.5. The van der Waals surface area contributed by atoms with Gasteiger partial charge in [-0.3, -0.25) is 9.59 Å². The molecule has 0 radical (unpaired) electrons. The fourth-order valence-corrected chi connectivity index (χ4v) is 13.2. The molecule has 0 aromatic carbocycles. The van der Waals surface area contributed by atoms with Crippen molar-refractivity contribution in [2.45, 2.75) is 482 Å². The highest BCUT2D eigenvalue weighted by molar-refractivity contribution is 5.76. The molecule has 0 rings (SSSR count). The summed E-state index contributed by atoms with van der Waals surface area (Å²) in [6.07, 6.45) is 102. The first-order valence-corrected chi connectivity index (χ1v) is 41.1. The van der Waals surface area contributed by atoms with E-state index >= 15 is 0 Å². The molecule has 6 heteroatoms. The highest BCUT2D eigenvalue weighted by Gasteiger charge is 2.18. The van der Waals surface area contributed by atoms with E-state index < -0.39 is 12.1 Å². The van der Waals surface area contributed by atoms with Gasteiger partial charge in [0.05, 0.1) is 25.4 Å². The number of esters is 1. The van der Waals surface area contributed by atoms with Gasteiger partial charge in [0, 0.05) is 12.8 Å². The van der Waals surface area contributed by atoms with Crippen LogP contribution in [0.25, 0.3) is 0 Å². The first-order valence-electron chi connectivity index (χ1n) is 41.1. The molecular formula is C83H161NO5. The van der Waals surface area contributed by atoms with Crippen molar-refractivity contribution >= 4 is 11.9 Å². The van der Waals surface area contributed by atoms with Gasteiger partial charge >= 0.3 is 5.97 Å². The van der Waals surface area contributed by atoms with E-state index in [0.717, 1.165) is 38.5 Å². The molecule has 0 saturated heterocycles. The van der Waals surface area contributed by atoms with E-state index in [1.54, 1.807) is 6.08 Å². The molecule has 1 amide bonds. The summed E-state index contributed by atoms with van der Waals surface area (Å²) in [4.78, 5) is 24.7. The maximum atomic E-state index is 12.5. The highest BCUT2D eigenvalue weighted by Crippen LogP contribution is 2.20. The SMILES string of the molecule is CCCCCCCC/C=C\CCCCCCCCCC(=O)OCCCCCCCCCCCCCCCCCCCCCCCCCCCCCCCCCCCCCC(=O)NC(CO)C(O)/C=C/CCCCCCCCCCCCCCCCCCCC. The van der Waals surface area contributed by atoms with E-state index in [4.69, 9.17) is 4.74 Å². The first-order chi connectivity index (χ1) is 44.0. The van der Waals surface area contributed by atoms with Crippen LogP contribution in [0.15, 0.2) is 24.3 Å². The molecule has 0 aliphatic rings. The lowest BCUT2D eigenvalue weighted by molar-refractivity contribution is -0.143. The van der Waals surface area contributed by atoms with Gasteiger partial charge in [0.1, 0.15) is 0 Å². The highest BCUT2D eigenvalue weighted by atomic mass is 16.5. The molecule has 0 aliphatic heterocycles. The molecule has 0 bridgehead atoms. The van der Waals surface area contributed by atoms with Crippen LogP contribution in [0.5, 0.6) is 0 Å². The van der Waals surface area contributed by atoms with Gasteiger partial charge in [0.2, 0.25) is 5.91 Å². The normalized spacial score (nSPS) is 12.5. The molecule has 0 aromatic rings. The second-order valence-electron chi connectivity index (χ2n) is 28.5. The molecule has 0 saturated carbocycles. The van der Waals surface area contributed by atoms with Gasteiger partial charge in [0.15, 0.2) is 0 Å². The molecule has 0 heterocycles. The number of nitrogens with one attached hydrogen (secondary N) is 1. The van der Waals surface area contributed by atoms with Crippen molar-refractivity contribution in [3.63, 3.8) is 0 Å². The summed E-state index contributed by atoms with van der Waals surface area (Å²) in [5, 5.41) is 23.3. The van der Waals surface area contributed by atoms with Gasteiger partial charge in [-0.25, -0.2) is 0 Å². The molecule has 0 aromatic heterocycles. The number of unbranched alkanes of at least 4 members (excludes halogenated alkanes) is 65. The quantitative estimate of drug-likeness (QED) is 0.0320. The second kappa shape index (κ2) is 78.8. The third kappa shape index (κ3) is 75.3. The maximum absolute atomic E-state index is 12.5. The summed E-state index contributed by atoms with van der Waals surface area (Å²) >= 11 is 0. The van der Waals surface area contributed by atoms with E-state index in [9.17, 15) is 19.8 Å². The Hall–Kier alpha value is -1.66. The van der Waals surface area contributed by atoms with Crippen LogP contribution in [0.4, 0.5) is 0 Å². The van der Waals surface area contributed by atoms with Crippen molar-refractivity contribution in [2.24, 2.45) is 0 Å². The van der Waals surface area contributed by atoms with E-state index in [-0.39, 0.29) is 18.5 Å². The molecule has 2 unspecified atom stereocenters.